The molecule has 0 bridgehead atoms. The zero-order chi connectivity index (χ0) is 7.28. The van der Waals surface area contributed by atoms with Gasteiger partial charge in [-0.25, -0.2) is 5.11 Å². The van der Waals surface area contributed by atoms with Gasteiger partial charge in [0.2, 0.25) is 0 Å². The lowest BCUT2D eigenvalue weighted by Gasteiger charge is -2.10. The molecule has 0 saturated heterocycles. The monoisotopic (exact) mass is 129 g/mol. The second-order valence-electron chi connectivity index (χ2n) is 3.23. The van der Waals surface area contributed by atoms with Crippen LogP contribution in [0.4, 0.5) is 0 Å². The van der Waals surface area contributed by atoms with Crippen molar-refractivity contribution in [2.24, 2.45) is 11.8 Å². The molecule has 0 aliphatic heterocycles. The van der Waals surface area contributed by atoms with Crippen LogP contribution < -0.4 is 0 Å². The summed E-state index contributed by atoms with van der Waals surface area (Å²) >= 11 is 0. The van der Waals surface area contributed by atoms with Crippen LogP contribution in [-0.2, 0) is 5.11 Å². The van der Waals surface area contributed by atoms with Gasteiger partial charge in [-0.1, -0.05) is 20.8 Å². The molecule has 0 aliphatic carbocycles. The minimum absolute atomic E-state index is 0.0912. The van der Waals surface area contributed by atoms with Crippen LogP contribution in [-0.4, -0.2) is 6.61 Å². The summed E-state index contributed by atoms with van der Waals surface area (Å²) in [5, 5.41) is 10.1. The molecule has 0 rings (SSSR count). The first kappa shape index (κ1) is 8.96. The topological polar surface area (TPSA) is 19.9 Å². The molecule has 0 aromatic heterocycles. The van der Waals surface area contributed by atoms with Crippen molar-refractivity contribution >= 4 is 0 Å². The van der Waals surface area contributed by atoms with Crippen molar-refractivity contribution in [3.8, 4) is 0 Å². The highest BCUT2D eigenvalue weighted by molar-refractivity contribution is 4.54. The molecule has 0 aliphatic rings. The smallest absolute Gasteiger partial charge is 0.0824 e. The van der Waals surface area contributed by atoms with Gasteiger partial charge in [0.25, 0.3) is 0 Å². The first-order valence-corrected chi connectivity index (χ1v) is 3.75. The fraction of sp³-hybridized carbons (Fsp3) is 1.00. The molecule has 0 fully saturated rings. The second kappa shape index (κ2) is 4.80. The molecule has 1 heteroatoms. The Morgan fingerprint density at radius 2 is 1.78 bits per heavy atom. The van der Waals surface area contributed by atoms with Crippen molar-refractivity contribution in [1.29, 1.82) is 0 Å². The Morgan fingerprint density at radius 3 is 2.11 bits per heavy atom. The van der Waals surface area contributed by atoms with E-state index >= 15 is 0 Å². The maximum Gasteiger partial charge on any atom is 0.0824 e. The maximum atomic E-state index is 10.1. The van der Waals surface area contributed by atoms with Crippen LogP contribution in [0.1, 0.15) is 33.6 Å². The Bertz CT molecular complexity index is 59.6. The van der Waals surface area contributed by atoms with Crippen molar-refractivity contribution in [1.82, 2.24) is 0 Å². The van der Waals surface area contributed by atoms with Gasteiger partial charge < -0.3 is 0 Å². The van der Waals surface area contributed by atoms with E-state index in [1.54, 1.807) is 0 Å². The molecule has 0 aromatic carbocycles. The van der Waals surface area contributed by atoms with Gasteiger partial charge in [-0.15, -0.1) is 0 Å². The van der Waals surface area contributed by atoms with E-state index in [2.05, 4.69) is 20.8 Å². The summed E-state index contributed by atoms with van der Waals surface area (Å²) in [6, 6.07) is 0. The quantitative estimate of drug-likeness (QED) is 0.555. The zero-order valence-corrected chi connectivity index (χ0v) is 6.68. The highest BCUT2D eigenvalue weighted by Crippen LogP contribution is 2.13. The molecule has 1 nitrogen and oxygen atoms in total. The number of hydrogen-bond acceptors (Lipinski definition) is 0. The Balaban J connectivity index is 3.15. The molecule has 9 heavy (non-hydrogen) atoms. The zero-order valence-electron chi connectivity index (χ0n) is 6.68. The summed E-state index contributed by atoms with van der Waals surface area (Å²) in [7, 11) is 0. The third kappa shape index (κ3) is 5.84. The third-order valence-corrected chi connectivity index (χ3v) is 1.48. The molecule has 1 radical (unpaired) electrons. The van der Waals surface area contributed by atoms with E-state index in [0.717, 1.165) is 12.3 Å². The lowest BCUT2D eigenvalue weighted by Crippen LogP contribution is -2.01. The van der Waals surface area contributed by atoms with E-state index in [4.69, 9.17) is 0 Å². The highest BCUT2D eigenvalue weighted by atomic mass is 16.2. The SMILES string of the molecule is CC(C)CC(C)CC[O]. The standard InChI is InChI=1S/C8H17O/c1-7(2)6-8(3)4-5-9/h7-8H,4-6H2,1-3H3. The van der Waals surface area contributed by atoms with Gasteiger partial charge >= 0.3 is 0 Å². The van der Waals surface area contributed by atoms with Crippen LogP contribution in [0.25, 0.3) is 0 Å². The van der Waals surface area contributed by atoms with Crippen molar-refractivity contribution in [3.63, 3.8) is 0 Å². The van der Waals surface area contributed by atoms with Crippen LogP contribution in [0, 0.1) is 11.8 Å². The van der Waals surface area contributed by atoms with E-state index in [0.29, 0.717) is 5.92 Å². The average molecular weight is 129 g/mol. The molecule has 0 amide bonds. The van der Waals surface area contributed by atoms with Crippen molar-refractivity contribution in [2.45, 2.75) is 33.6 Å². The molecular weight excluding hydrogens is 112 g/mol. The average Bonchev–Trinajstić information content (AvgIpc) is 1.63. The molecular formula is C8H17O. The van der Waals surface area contributed by atoms with Gasteiger partial charge in [-0.2, -0.15) is 0 Å². The van der Waals surface area contributed by atoms with Crippen LogP contribution >= 0.6 is 0 Å². The Hall–Kier alpha value is -0.0400. The van der Waals surface area contributed by atoms with Gasteiger partial charge in [0.15, 0.2) is 0 Å². The van der Waals surface area contributed by atoms with Crippen molar-refractivity contribution in [3.05, 3.63) is 0 Å². The number of hydrogen-bond donors (Lipinski definition) is 0. The summed E-state index contributed by atoms with van der Waals surface area (Å²) in [5.41, 5.74) is 0. The van der Waals surface area contributed by atoms with E-state index in [9.17, 15) is 5.11 Å². The van der Waals surface area contributed by atoms with E-state index < -0.39 is 0 Å². The summed E-state index contributed by atoms with van der Waals surface area (Å²) in [6.07, 6.45) is 2.04. The summed E-state index contributed by atoms with van der Waals surface area (Å²) < 4.78 is 0. The lowest BCUT2D eigenvalue weighted by molar-refractivity contribution is 0.168. The molecule has 0 spiro atoms. The van der Waals surface area contributed by atoms with Gasteiger partial charge in [0.05, 0.1) is 6.61 Å². The molecule has 1 atom stereocenters. The predicted molar refractivity (Wildman–Crippen MR) is 38.8 cm³/mol. The molecule has 0 heterocycles. The Morgan fingerprint density at radius 1 is 1.22 bits per heavy atom. The molecule has 0 aromatic rings. The van der Waals surface area contributed by atoms with Gasteiger partial charge in [-0.3, -0.25) is 0 Å². The largest absolute Gasteiger partial charge is 0.237 e. The van der Waals surface area contributed by atoms with Crippen LogP contribution in [0.5, 0.6) is 0 Å². The van der Waals surface area contributed by atoms with Crippen LogP contribution in [0.3, 0.4) is 0 Å². The third-order valence-electron chi connectivity index (χ3n) is 1.48. The summed E-state index contributed by atoms with van der Waals surface area (Å²) in [6.45, 7) is 6.63. The fourth-order valence-electron chi connectivity index (χ4n) is 1.12. The maximum absolute atomic E-state index is 10.1. The number of rotatable bonds is 4. The van der Waals surface area contributed by atoms with Crippen molar-refractivity contribution < 1.29 is 5.11 Å². The first-order valence-electron chi connectivity index (χ1n) is 3.75. The minimum atomic E-state index is 0.0912. The molecule has 0 N–H and O–H groups in total. The molecule has 55 valence electrons. The first-order chi connectivity index (χ1) is 4.16. The van der Waals surface area contributed by atoms with Gasteiger partial charge in [0, 0.05) is 0 Å². The lowest BCUT2D eigenvalue weighted by atomic mass is 9.97. The fourth-order valence-corrected chi connectivity index (χ4v) is 1.12. The van der Waals surface area contributed by atoms with Gasteiger partial charge in [0.1, 0.15) is 0 Å². The van der Waals surface area contributed by atoms with E-state index in [1.807, 2.05) is 0 Å². The van der Waals surface area contributed by atoms with E-state index in [-0.39, 0.29) is 6.61 Å². The normalized spacial score (nSPS) is 14.3. The highest BCUT2D eigenvalue weighted by Gasteiger charge is 2.03. The summed E-state index contributed by atoms with van der Waals surface area (Å²) in [5.74, 6) is 1.37. The van der Waals surface area contributed by atoms with Gasteiger partial charge in [-0.05, 0) is 24.7 Å². The van der Waals surface area contributed by atoms with Crippen LogP contribution in [0.2, 0.25) is 0 Å². The minimum Gasteiger partial charge on any atom is -0.237 e. The predicted octanol–water partition coefficient (Wildman–Crippen LogP) is 2.49. The van der Waals surface area contributed by atoms with Crippen LogP contribution in [0.15, 0.2) is 0 Å². The Kier molecular flexibility index (Phi) is 4.78. The summed E-state index contributed by atoms with van der Waals surface area (Å²) in [4.78, 5) is 0. The van der Waals surface area contributed by atoms with E-state index in [1.165, 1.54) is 6.42 Å². The Labute approximate surface area is 58.1 Å². The molecule has 0 saturated carbocycles. The second-order valence-corrected chi connectivity index (χ2v) is 3.23. The molecule has 1 unspecified atom stereocenters. The van der Waals surface area contributed by atoms with Crippen molar-refractivity contribution in [2.75, 3.05) is 6.61 Å².